The molecule has 1 saturated heterocycles. The van der Waals surface area contributed by atoms with E-state index in [0.717, 1.165) is 18.4 Å². The maximum atomic E-state index is 12.4. The van der Waals surface area contributed by atoms with Gasteiger partial charge in [-0.15, -0.1) is 0 Å². The summed E-state index contributed by atoms with van der Waals surface area (Å²) in [6.07, 6.45) is 1.96. The molecule has 1 heterocycles. The van der Waals surface area contributed by atoms with Crippen LogP contribution in [0.3, 0.4) is 0 Å². The molecule has 1 aliphatic rings. The number of hydrogen-bond donors (Lipinski definition) is 0. The van der Waals surface area contributed by atoms with Gasteiger partial charge in [0.25, 0.3) is 5.91 Å². The molecule has 108 valence electrons. The Hall–Kier alpha value is -1.84. The highest BCUT2D eigenvalue weighted by atomic mass is 16.2. The van der Waals surface area contributed by atoms with Crippen molar-refractivity contribution in [3.05, 3.63) is 35.9 Å². The molecule has 0 N–H and O–H groups in total. The van der Waals surface area contributed by atoms with Crippen molar-refractivity contribution in [2.24, 2.45) is 0 Å². The molecule has 0 aliphatic carbocycles. The number of carbonyl (C=O) groups is 2. The molecule has 1 aliphatic heterocycles. The van der Waals surface area contributed by atoms with Crippen molar-refractivity contribution in [3.63, 3.8) is 0 Å². The van der Waals surface area contributed by atoms with E-state index in [1.807, 2.05) is 40.1 Å². The summed E-state index contributed by atoms with van der Waals surface area (Å²) in [5, 5.41) is 0. The molecular weight excluding hydrogens is 252 g/mol. The van der Waals surface area contributed by atoms with Gasteiger partial charge in [-0.1, -0.05) is 31.5 Å². The van der Waals surface area contributed by atoms with Crippen molar-refractivity contribution in [1.29, 1.82) is 0 Å². The molecule has 2 amide bonds. The van der Waals surface area contributed by atoms with Crippen LogP contribution in [0, 0.1) is 0 Å². The van der Waals surface area contributed by atoms with E-state index in [-0.39, 0.29) is 17.9 Å². The Kier molecular flexibility index (Phi) is 4.77. The van der Waals surface area contributed by atoms with Crippen LogP contribution in [-0.4, -0.2) is 47.3 Å². The molecule has 0 aromatic heterocycles. The zero-order valence-electron chi connectivity index (χ0n) is 12.2. The molecule has 0 spiro atoms. The van der Waals surface area contributed by atoms with E-state index < -0.39 is 0 Å². The summed E-state index contributed by atoms with van der Waals surface area (Å²) in [6.45, 7) is 5.61. The predicted molar refractivity (Wildman–Crippen MR) is 78.4 cm³/mol. The molecular formula is C16H22N2O2. The Morgan fingerprint density at radius 1 is 1.20 bits per heavy atom. The smallest absolute Gasteiger partial charge is 0.253 e. The standard InChI is InChI=1S/C16H22N2O2/c1-3-7-15-12-17(10-11-18(15)13(2)19)16(20)14-8-5-4-6-9-14/h4-6,8-9,15H,3,7,10-12H2,1-2H3. The van der Waals surface area contributed by atoms with Crippen molar-refractivity contribution in [2.45, 2.75) is 32.7 Å². The van der Waals surface area contributed by atoms with Crippen LogP contribution in [0.5, 0.6) is 0 Å². The average molecular weight is 274 g/mol. The second kappa shape index (κ2) is 6.55. The van der Waals surface area contributed by atoms with Gasteiger partial charge >= 0.3 is 0 Å². The highest BCUT2D eigenvalue weighted by Gasteiger charge is 2.30. The fraction of sp³-hybridized carbons (Fsp3) is 0.500. The summed E-state index contributed by atoms with van der Waals surface area (Å²) in [4.78, 5) is 27.9. The van der Waals surface area contributed by atoms with E-state index in [2.05, 4.69) is 6.92 Å². The molecule has 1 aromatic carbocycles. The second-order valence-electron chi connectivity index (χ2n) is 5.27. The van der Waals surface area contributed by atoms with Gasteiger partial charge in [0.2, 0.25) is 5.91 Å². The van der Waals surface area contributed by atoms with Gasteiger partial charge in [-0.3, -0.25) is 9.59 Å². The third kappa shape index (κ3) is 3.18. The van der Waals surface area contributed by atoms with Gasteiger partial charge in [-0.05, 0) is 18.6 Å². The number of rotatable bonds is 3. The lowest BCUT2D eigenvalue weighted by atomic mass is 10.1. The quantitative estimate of drug-likeness (QED) is 0.847. The van der Waals surface area contributed by atoms with Crippen molar-refractivity contribution < 1.29 is 9.59 Å². The van der Waals surface area contributed by atoms with Crippen LogP contribution < -0.4 is 0 Å². The minimum Gasteiger partial charge on any atom is -0.336 e. The molecule has 1 atom stereocenters. The van der Waals surface area contributed by atoms with Crippen LogP contribution >= 0.6 is 0 Å². The van der Waals surface area contributed by atoms with Crippen LogP contribution in [-0.2, 0) is 4.79 Å². The molecule has 0 radical (unpaired) electrons. The summed E-state index contributed by atoms with van der Waals surface area (Å²) in [6, 6.07) is 9.50. The van der Waals surface area contributed by atoms with Crippen molar-refractivity contribution in [2.75, 3.05) is 19.6 Å². The van der Waals surface area contributed by atoms with Crippen LogP contribution in [0.4, 0.5) is 0 Å². The Morgan fingerprint density at radius 3 is 2.50 bits per heavy atom. The van der Waals surface area contributed by atoms with E-state index in [4.69, 9.17) is 0 Å². The number of amides is 2. The number of hydrogen-bond acceptors (Lipinski definition) is 2. The van der Waals surface area contributed by atoms with Gasteiger partial charge < -0.3 is 9.80 Å². The fourth-order valence-electron chi connectivity index (χ4n) is 2.80. The Bertz CT molecular complexity index is 473. The van der Waals surface area contributed by atoms with Gasteiger partial charge in [-0.25, -0.2) is 0 Å². The largest absolute Gasteiger partial charge is 0.336 e. The topological polar surface area (TPSA) is 40.6 Å². The highest BCUT2D eigenvalue weighted by molar-refractivity contribution is 5.94. The van der Waals surface area contributed by atoms with Crippen molar-refractivity contribution >= 4 is 11.8 Å². The molecule has 1 unspecified atom stereocenters. The Balaban J connectivity index is 2.08. The zero-order chi connectivity index (χ0) is 14.5. The average Bonchev–Trinajstić information content (AvgIpc) is 2.47. The fourth-order valence-corrected chi connectivity index (χ4v) is 2.80. The number of carbonyl (C=O) groups excluding carboxylic acids is 2. The van der Waals surface area contributed by atoms with Crippen LogP contribution in [0.2, 0.25) is 0 Å². The minimum absolute atomic E-state index is 0.0647. The van der Waals surface area contributed by atoms with Crippen LogP contribution in [0.25, 0.3) is 0 Å². The number of benzene rings is 1. The van der Waals surface area contributed by atoms with Gasteiger partial charge in [-0.2, -0.15) is 0 Å². The summed E-state index contributed by atoms with van der Waals surface area (Å²) in [7, 11) is 0. The lowest BCUT2D eigenvalue weighted by Gasteiger charge is -2.41. The predicted octanol–water partition coefficient (Wildman–Crippen LogP) is 2.16. The first kappa shape index (κ1) is 14.6. The summed E-state index contributed by atoms with van der Waals surface area (Å²) in [5.74, 6) is 0.171. The van der Waals surface area contributed by atoms with Gasteiger partial charge in [0, 0.05) is 38.2 Å². The Labute approximate surface area is 120 Å². The lowest BCUT2D eigenvalue weighted by Crippen LogP contribution is -2.56. The minimum atomic E-state index is 0.0647. The van der Waals surface area contributed by atoms with E-state index >= 15 is 0 Å². The highest BCUT2D eigenvalue weighted by Crippen LogP contribution is 2.17. The van der Waals surface area contributed by atoms with E-state index in [1.54, 1.807) is 6.92 Å². The molecule has 1 fully saturated rings. The maximum Gasteiger partial charge on any atom is 0.253 e. The first-order valence-electron chi connectivity index (χ1n) is 7.25. The second-order valence-corrected chi connectivity index (χ2v) is 5.27. The monoisotopic (exact) mass is 274 g/mol. The van der Waals surface area contributed by atoms with Gasteiger partial charge in [0.15, 0.2) is 0 Å². The SMILES string of the molecule is CCCC1CN(C(=O)c2ccccc2)CCN1C(C)=O. The van der Waals surface area contributed by atoms with Crippen LogP contribution in [0.1, 0.15) is 37.0 Å². The van der Waals surface area contributed by atoms with Crippen LogP contribution in [0.15, 0.2) is 30.3 Å². The van der Waals surface area contributed by atoms with Gasteiger partial charge in [0.05, 0.1) is 0 Å². The number of piperazine rings is 1. The first-order valence-corrected chi connectivity index (χ1v) is 7.25. The molecule has 4 heteroatoms. The third-order valence-electron chi connectivity index (χ3n) is 3.82. The molecule has 1 aromatic rings. The number of nitrogens with zero attached hydrogens (tertiary/aromatic N) is 2. The zero-order valence-corrected chi connectivity index (χ0v) is 12.2. The summed E-state index contributed by atoms with van der Waals surface area (Å²) in [5.41, 5.74) is 0.721. The lowest BCUT2D eigenvalue weighted by molar-refractivity contribution is -0.133. The van der Waals surface area contributed by atoms with E-state index in [1.165, 1.54) is 0 Å². The molecule has 0 bridgehead atoms. The van der Waals surface area contributed by atoms with Crippen molar-refractivity contribution in [1.82, 2.24) is 9.80 Å². The molecule has 0 saturated carbocycles. The van der Waals surface area contributed by atoms with E-state index in [0.29, 0.717) is 19.6 Å². The summed E-state index contributed by atoms with van der Waals surface area (Å²) < 4.78 is 0. The third-order valence-corrected chi connectivity index (χ3v) is 3.82. The van der Waals surface area contributed by atoms with Crippen molar-refractivity contribution in [3.8, 4) is 0 Å². The first-order chi connectivity index (χ1) is 9.63. The molecule has 2 rings (SSSR count). The Morgan fingerprint density at radius 2 is 1.90 bits per heavy atom. The normalized spacial score (nSPS) is 19.0. The van der Waals surface area contributed by atoms with Gasteiger partial charge in [0.1, 0.15) is 0 Å². The summed E-state index contributed by atoms with van der Waals surface area (Å²) >= 11 is 0. The maximum absolute atomic E-state index is 12.4. The molecule has 4 nitrogen and oxygen atoms in total. The van der Waals surface area contributed by atoms with E-state index in [9.17, 15) is 9.59 Å². The molecule has 20 heavy (non-hydrogen) atoms.